The van der Waals surface area contributed by atoms with Gasteiger partial charge in [-0.3, -0.25) is 38.6 Å². The highest BCUT2D eigenvalue weighted by Gasteiger charge is 2.37. The molecule has 9 amide bonds. The Morgan fingerprint density at radius 1 is 0.553 bits per heavy atom. The van der Waals surface area contributed by atoms with Crippen LogP contribution in [0.15, 0.2) is 16.3 Å². The average Bonchev–Trinajstić information content (AvgIpc) is 3.17. The fraction of sp³-hybridized carbons (Fsp3) is 0.754. The molecule has 0 spiro atoms. The van der Waals surface area contributed by atoms with Crippen LogP contribution >= 0.6 is 0 Å². The first-order chi connectivity index (χ1) is 38.9. The third kappa shape index (κ3) is 31.0. The summed E-state index contributed by atoms with van der Waals surface area (Å²) in [4.78, 5) is 152. The van der Waals surface area contributed by atoms with Crippen molar-refractivity contribution >= 4 is 71.2 Å². The third-order valence-electron chi connectivity index (χ3n) is 12.3. The smallest absolute Gasteiger partial charge is 0.407 e. The van der Waals surface area contributed by atoms with Crippen LogP contribution in [0.1, 0.15) is 169 Å². The Labute approximate surface area is 499 Å². The van der Waals surface area contributed by atoms with Crippen molar-refractivity contribution in [1.82, 2.24) is 47.9 Å². The second-order valence-corrected chi connectivity index (χ2v) is 25.9. The maximum Gasteiger partial charge on any atom is 0.407 e. The third-order valence-corrected chi connectivity index (χ3v) is 12.3. The van der Waals surface area contributed by atoms with Crippen molar-refractivity contribution in [3.8, 4) is 0 Å². The molecule has 1 aliphatic rings. The van der Waals surface area contributed by atoms with E-state index in [-0.39, 0.29) is 112 Å². The zero-order chi connectivity index (χ0) is 65.5. The second kappa shape index (κ2) is 34.1. The lowest BCUT2D eigenvalue weighted by atomic mass is 9.76. The van der Waals surface area contributed by atoms with Crippen LogP contribution in [0.3, 0.4) is 0 Å². The number of amides is 9. The minimum Gasteiger partial charge on any atom is -0.511 e. The minimum absolute atomic E-state index is 0.00132. The van der Waals surface area contributed by atoms with Crippen LogP contribution in [-0.4, -0.2) is 178 Å². The van der Waals surface area contributed by atoms with E-state index >= 15 is 0 Å². The molecule has 0 unspecified atom stereocenters. The number of alkyl carbamates (subject to hydrolysis) is 3. The summed E-state index contributed by atoms with van der Waals surface area (Å²) in [6, 6.07) is -10.5. The number of hydrogen-bond donors (Lipinski definition) is 13. The highest BCUT2D eigenvalue weighted by atomic mass is 16.6. The Bertz CT molecular complexity index is 2400. The van der Waals surface area contributed by atoms with Gasteiger partial charge in [0.05, 0.1) is 17.7 Å². The highest BCUT2D eigenvalue weighted by Crippen LogP contribution is 2.36. The number of nitrogens with two attached hydrogens (primary N) is 1. The predicted octanol–water partition coefficient (Wildman–Crippen LogP) is 2.58. The lowest BCUT2D eigenvalue weighted by Gasteiger charge is -2.29. The van der Waals surface area contributed by atoms with E-state index in [1.54, 1.807) is 96.9 Å². The Kier molecular flexibility index (Phi) is 30.5. The van der Waals surface area contributed by atoms with Gasteiger partial charge >= 0.3 is 24.2 Å². The molecule has 1 aliphatic carbocycles. The van der Waals surface area contributed by atoms with Crippen molar-refractivity contribution in [2.45, 2.75) is 234 Å². The van der Waals surface area contributed by atoms with Gasteiger partial charge in [-0.15, -0.1) is 0 Å². The van der Waals surface area contributed by atoms with Crippen LogP contribution in [0.4, 0.5) is 14.4 Å². The number of aliphatic hydroxyl groups excluding tert-OH is 2. The number of nitrogens with one attached hydrogen (secondary N) is 9. The minimum atomic E-state index is -1.83. The fourth-order valence-electron chi connectivity index (χ4n) is 8.40. The van der Waals surface area contributed by atoms with E-state index in [0.29, 0.717) is 0 Å². The van der Waals surface area contributed by atoms with Crippen molar-refractivity contribution in [3.63, 3.8) is 0 Å². The van der Waals surface area contributed by atoms with Gasteiger partial charge in [-0.2, -0.15) is 0 Å². The molecular formula is C57H99N11O17. The number of ether oxygens (including phenoxy) is 3. The first kappa shape index (κ1) is 75.9. The summed E-state index contributed by atoms with van der Waals surface area (Å²) in [5.41, 5.74) is 3.57. The molecule has 0 aromatic rings. The van der Waals surface area contributed by atoms with E-state index in [9.17, 15) is 68.1 Å². The van der Waals surface area contributed by atoms with E-state index < -0.39 is 130 Å². The molecule has 0 heterocycles. The highest BCUT2D eigenvalue weighted by molar-refractivity contribution is 6.22. The number of ketones is 1. The molecule has 1 rings (SSSR count). The maximum absolute atomic E-state index is 14.5. The van der Waals surface area contributed by atoms with Crippen LogP contribution in [-0.2, 0) is 52.6 Å². The van der Waals surface area contributed by atoms with Crippen LogP contribution < -0.4 is 53.6 Å². The Morgan fingerprint density at radius 2 is 0.882 bits per heavy atom. The summed E-state index contributed by atoms with van der Waals surface area (Å²) in [6.45, 7) is 27.3. The van der Waals surface area contributed by atoms with E-state index in [4.69, 9.17) is 19.9 Å². The van der Waals surface area contributed by atoms with Crippen molar-refractivity contribution in [3.05, 3.63) is 11.3 Å². The number of aliphatic carboxylic acids is 1. The normalized spacial score (nSPS) is 16.6. The van der Waals surface area contributed by atoms with Crippen LogP contribution in [0.5, 0.6) is 0 Å². The molecule has 0 fully saturated rings. The number of aliphatic imine (C=N–C) groups is 1. The standard InChI is InChI=1S/C57H99N11O17/c1-30(2)26-38(48(76)65-36(20-24-61-52(81)84-55(10,11)12)45(73)64-37(21-25-62-53(82)85-56(13,14)15)47(75)68-43(33(6)69)50(78)79)67-49(77)39(27-31(3)4)66-46(74)35(19-23-60-51(80)83-54(7,8)9)63-44(72)34(58)18-22-59-32(5)42-40(70)28-57(16,17)29-41(42)71/h30-31,33-39,43,69-70H,18-29,58H2,1-17H3,(H,60,80)(H,61,81)(H,62,82)(H,63,72)(H,64,73)(H,65,76)(H,66,74)(H,67,77)(H,68,75)(H,78,79)/t33-,34+,35+,36+,37+,38+,39-,43+/m1/s1. The van der Waals surface area contributed by atoms with Crippen LogP contribution in [0.25, 0.3) is 0 Å². The Morgan fingerprint density at radius 3 is 1.20 bits per heavy atom. The fourth-order valence-corrected chi connectivity index (χ4v) is 8.40. The second-order valence-electron chi connectivity index (χ2n) is 25.9. The molecule has 0 saturated heterocycles. The van der Waals surface area contributed by atoms with Gasteiger partial charge in [0.25, 0.3) is 0 Å². The number of nitrogens with zero attached hydrogens (tertiary/aromatic N) is 1. The van der Waals surface area contributed by atoms with Gasteiger partial charge in [-0.1, -0.05) is 41.5 Å². The zero-order valence-electron chi connectivity index (χ0n) is 52.8. The van der Waals surface area contributed by atoms with Crippen molar-refractivity contribution in [2.75, 3.05) is 26.2 Å². The van der Waals surface area contributed by atoms with Gasteiger partial charge in [-0.05, 0) is 132 Å². The average molecular weight is 1210 g/mol. The topological polar surface area (TPSA) is 423 Å². The summed E-state index contributed by atoms with van der Waals surface area (Å²) in [6.07, 6.45) is -4.70. The Balaban J connectivity index is 3.65. The number of rotatable bonds is 31. The lowest BCUT2D eigenvalue weighted by molar-refractivity contribution is -0.145. The number of carboxylic acids is 1. The van der Waals surface area contributed by atoms with Crippen LogP contribution in [0, 0.1) is 17.3 Å². The number of carbonyl (C=O) groups excluding carboxylic acids is 10. The van der Waals surface area contributed by atoms with Crippen molar-refractivity contribution < 1.29 is 82.3 Å². The van der Waals surface area contributed by atoms with E-state index in [1.807, 2.05) is 13.8 Å². The number of carbonyl (C=O) groups is 11. The largest absolute Gasteiger partial charge is 0.511 e. The summed E-state index contributed by atoms with van der Waals surface area (Å²) in [5.74, 6) is -8.06. The molecule has 0 aliphatic heterocycles. The van der Waals surface area contributed by atoms with E-state index in [0.717, 1.165) is 6.92 Å². The van der Waals surface area contributed by atoms with Gasteiger partial charge < -0.3 is 83.1 Å². The molecule has 0 bridgehead atoms. The quantitative estimate of drug-likeness (QED) is 0.0350. The number of Topliss-reactive ketones (excluding diaryl/α,β-unsaturated/α-hetero) is 1. The molecule has 85 heavy (non-hydrogen) atoms. The zero-order valence-corrected chi connectivity index (χ0v) is 52.8. The SMILES string of the molecule is CC(=NCC[C@H](N)C(=O)N[C@@H](CCNC(=O)OC(C)(C)C)C(=O)N[C@H](CC(C)C)C(=O)N[C@@H](CC(C)C)C(=O)N[C@@H](CCNC(=O)OC(C)(C)C)C(=O)N[C@@H](CCNC(=O)OC(C)(C)C)C(=O)N[C@H](C(=O)O)[C@@H](C)O)C1=C(O)CC(C)(C)CC1=O. The van der Waals surface area contributed by atoms with Gasteiger partial charge in [0, 0.05) is 44.7 Å². The Hall–Kier alpha value is -7.10. The van der Waals surface area contributed by atoms with Gasteiger partial charge in [0.15, 0.2) is 11.8 Å². The van der Waals surface area contributed by atoms with Crippen molar-refractivity contribution in [2.24, 2.45) is 28.0 Å². The van der Waals surface area contributed by atoms with Gasteiger partial charge in [-0.25, -0.2) is 19.2 Å². The number of hydrogen-bond acceptors (Lipinski definition) is 18. The van der Waals surface area contributed by atoms with Crippen molar-refractivity contribution in [1.29, 1.82) is 0 Å². The molecule has 0 radical (unpaired) electrons. The van der Waals surface area contributed by atoms with Crippen LogP contribution in [0.2, 0.25) is 0 Å². The maximum atomic E-state index is 14.5. The summed E-state index contributed by atoms with van der Waals surface area (Å²) < 4.78 is 15.9. The number of aliphatic hydroxyl groups is 2. The number of allylic oxidation sites excluding steroid dienone is 2. The predicted molar refractivity (Wildman–Crippen MR) is 315 cm³/mol. The monoisotopic (exact) mass is 1210 g/mol. The molecule has 28 heteroatoms. The molecule has 0 aromatic heterocycles. The van der Waals surface area contributed by atoms with Gasteiger partial charge in [0.2, 0.25) is 35.4 Å². The molecular weight excluding hydrogens is 1110 g/mol. The van der Waals surface area contributed by atoms with Gasteiger partial charge in [0.1, 0.15) is 52.8 Å². The molecule has 28 nitrogen and oxygen atoms in total. The summed E-state index contributed by atoms with van der Waals surface area (Å²) >= 11 is 0. The first-order valence-corrected chi connectivity index (χ1v) is 28.8. The molecule has 484 valence electrons. The molecule has 0 aromatic carbocycles. The number of carboxylic acid groups (broad SMARTS) is 1. The molecule has 8 atom stereocenters. The van der Waals surface area contributed by atoms with E-state index in [1.165, 1.54) is 0 Å². The summed E-state index contributed by atoms with van der Waals surface area (Å²) in [5, 5.41) is 53.2. The molecule has 0 saturated carbocycles. The summed E-state index contributed by atoms with van der Waals surface area (Å²) in [7, 11) is 0. The molecule has 14 N–H and O–H groups in total. The first-order valence-electron chi connectivity index (χ1n) is 28.8. The lowest BCUT2D eigenvalue weighted by Crippen LogP contribution is -2.61. The van der Waals surface area contributed by atoms with E-state index in [2.05, 4.69) is 52.8 Å².